The minimum Gasteiger partial charge on any atom is -0.462 e. The first kappa shape index (κ1) is 83.2. The number of unbranched alkanes of at least 4 members (excludes halogenated alkanes) is 53. The summed E-state index contributed by atoms with van der Waals surface area (Å²) in [6, 6.07) is 0. The molecule has 2 unspecified atom stereocenters. The van der Waals surface area contributed by atoms with Gasteiger partial charge in [0.2, 0.25) is 0 Å². The third kappa shape index (κ3) is 71.2. The number of hydrogen-bond acceptors (Lipinski definition) is 8. The van der Waals surface area contributed by atoms with Crippen LogP contribution in [0.3, 0.4) is 0 Å². The summed E-state index contributed by atoms with van der Waals surface area (Å²) in [5.74, 6) is -0.806. The highest BCUT2D eigenvalue weighted by Gasteiger charge is 2.26. The van der Waals surface area contributed by atoms with Crippen molar-refractivity contribution in [3.05, 3.63) is 36.5 Å². The second-order valence-electron chi connectivity index (χ2n) is 25.5. The fraction of sp³-hybridized carbons (Fsp3) is 0.893. The van der Waals surface area contributed by atoms with Crippen molar-refractivity contribution in [2.24, 2.45) is 5.73 Å². The molecule has 0 saturated carbocycles. The van der Waals surface area contributed by atoms with Gasteiger partial charge in [-0.2, -0.15) is 0 Å². The van der Waals surface area contributed by atoms with Gasteiger partial charge in [-0.1, -0.05) is 352 Å². The third-order valence-corrected chi connectivity index (χ3v) is 18.0. The molecule has 0 amide bonds. The summed E-state index contributed by atoms with van der Waals surface area (Å²) in [5.41, 5.74) is 5.41. The normalized spacial score (nSPS) is 13.0. The van der Waals surface area contributed by atoms with Crippen LogP contribution in [0.15, 0.2) is 36.5 Å². The molecule has 9 nitrogen and oxygen atoms in total. The molecule has 0 aromatic heterocycles. The van der Waals surface area contributed by atoms with Crippen LogP contribution in [0.1, 0.15) is 399 Å². The SMILES string of the molecule is CCCCCCC/C=C\C/C=C\CCCCCCCCCCCCCCCCCCCCCCCCCCCCCCCC(=O)OC(COC(=O)CCCCCCCCCCCCC/C=C\CCCCCCCCCC)COP(=O)(O)OCCN. The Labute approximate surface area is 528 Å². The highest BCUT2D eigenvalue weighted by Crippen LogP contribution is 2.43. The summed E-state index contributed by atoms with van der Waals surface area (Å²) in [6.07, 6.45) is 89.9. The summed E-state index contributed by atoms with van der Waals surface area (Å²) in [6.45, 7) is 3.81. The Morgan fingerprint density at radius 3 is 0.906 bits per heavy atom. The van der Waals surface area contributed by atoms with E-state index in [0.717, 1.165) is 38.5 Å². The van der Waals surface area contributed by atoms with Crippen LogP contribution >= 0.6 is 7.82 Å². The summed E-state index contributed by atoms with van der Waals surface area (Å²) in [4.78, 5) is 35.4. The molecule has 3 N–H and O–H groups in total. The number of hydrogen-bond donors (Lipinski definition) is 2. The van der Waals surface area contributed by atoms with Crippen molar-refractivity contribution in [2.45, 2.75) is 405 Å². The molecule has 0 heterocycles. The Hall–Kier alpha value is -1.77. The average Bonchev–Trinajstić information content (AvgIpc) is 3.52. The molecular formula is C75H144NO8P. The van der Waals surface area contributed by atoms with Gasteiger partial charge in [0.15, 0.2) is 6.10 Å². The molecule has 85 heavy (non-hydrogen) atoms. The van der Waals surface area contributed by atoms with Crippen molar-refractivity contribution in [1.29, 1.82) is 0 Å². The van der Waals surface area contributed by atoms with Gasteiger partial charge < -0.3 is 20.1 Å². The predicted octanol–water partition coefficient (Wildman–Crippen LogP) is 24.6. The number of nitrogens with two attached hydrogens (primary N) is 1. The van der Waals surface area contributed by atoms with Crippen LogP contribution in [0.2, 0.25) is 0 Å². The number of ether oxygens (including phenoxy) is 2. The molecule has 2 atom stereocenters. The standard InChI is InChI=1S/C75H144NO8P/c1-3-5-7-9-11-13-15-17-19-21-23-25-27-28-29-30-31-32-33-34-35-36-37-38-39-40-41-42-43-44-46-48-50-52-54-56-58-60-62-64-66-68-75(78)84-73(72-83-85(79,80)82-70-69-76)71-81-74(77)67-65-63-61-59-57-55-53-51-49-47-45-26-24-22-20-18-16-14-12-10-8-6-4-2/h15,17,21-24,73H,3-14,16,18-20,25-72,76H2,1-2H3,(H,79,80)/b17-15-,23-21-,24-22-. The van der Waals surface area contributed by atoms with Gasteiger partial charge in [-0.3, -0.25) is 18.6 Å². The molecule has 0 bridgehead atoms. The van der Waals surface area contributed by atoms with E-state index >= 15 is 0 Å². The summed E-state index contributed by atoms with van der Waals surface area (Å²) in [5, 5.41) is 0. The zero-order valence-corrected chi connectivity index (χ0v) is 57.5. The fourth-order valence-electron chi connectivity index (χ4n) is 11.4. The molecule has 0 aliphatic carbocycles. The Bertz CT molecular complexity index is 1490. The van der Waals surface area contributed by atoms with Crippen LogP contribution < -0.4 is 5.73 Å². The van der Waals surface area contributed by atoms with E-state index in [1.165, 1.54) is 327 Å². The molecule has 0 rings (SSSR count). The van der Waals surface area contributed by atoms with Crippen molar-refractivity contribution in [1.82, 2.24) is 0 Å². The number of allylic oxidation sites excluding steroid dienone is 6. The zero-order chi connectivity index (χ0) is 61.6. The molecule has 502 valence electrons. The summed E-state index contributed by atoms with van der Waals surface area (Å²) >= 11 is 0. The van der Waals surface area contributed by atoms with Crippen LogP contribution in [0.5, 0.6) is 0 Å². The van der Waals surface area contributed by atoms with Crippen molar-refractivity contribution in [3.63, 3.8) is 0 Å². The lowest BCUT2D eigenvalue weighted by Crippen LogP contribution is -2.29. The Kier molecular flexibility index (Phi) is 69.8. The average molecular weight is 1220 g/mol. The quantitative estimate of drug-likeness (QED) is 0.0264. The highest BCUT2D eigenvalue weighted by atomic mass is 31.2. The van der Waals surface area contributed by atoms with Crippen molar-refractivity contribution < 1.29 is 37.6 Å². The number of phosphoric acid groups is 1. The first-order valence-electron chi connectivity index (χ1n) is 37.5. The maximum Gasteiger partial charge on any atom is 0.472 e. The van der Waals surface area contributed by atoms with E-state index in [1.54, 1.807) is 0 Å². The largest absolute Gasteiger partial charge is 0.472 e. The second-order valence-corrected chi connectivity index (χ2v) is 27.0. The minimum atomic E-state index is -4.39. The van der Waals surface area contributed by atoms with Crippen molar-refractivity contribution >= 4 is 19.8 Å². The first-order valence-corrected chi connectivity index (χ1v) is 39.0. The Balaban J connectivity index is 3.74. The third-order valence-electron chi connectivity index (χ3n) is 17.0. The molecule has 0 aliphatic rings. The first-order chi connectivity index (χ1) is 41.8. The number of esters is 2. The van der Waals surface area contributed by atoms with E-state index in [-0.39, 0.29) is 38.6 Å². The molecule has 10 heteroatoms. The molecule has 0 aliphatic heterocycles. The van der Waals surface area contributed by atoms with Gasteiger partial charge in [0.05, 0.1) is 13.2 Å². The fourth-order valence-corrected chi connectivity index (χ4v) is 12.2. The second kappa shape index (κ2) is 71.3. The molecule has 0 aromatic carbocycles. The Morgan fingerprint density at radius 1 is 0.353 bits per heavy atom. The smallest absolute Gasteiger partial charge is 0.462 e. The van der Waals surface area contributed by atoms with Gasteiger partial charge in [0, 0.05) is 19.4 Å². The van der Waals surface area contributed by atoms with Crippen LogP contribution in [0, 0.1) is 0 Å². The number of phosphoric ester groups is 1. The number of carbonyl (C=O) groups is 2. The maximum atomic E-state index is 12.8. The lowest BCUT2D eigenvalue weighted by Gasteiger charge is -2.19. The van der Waals surface area contributed by atoms with Crippen LogP contribution in [0.4, 0.5) is 0 Å². The van der Waals surface area contributed by atoms with E-state index in [0.29, 0.717) is 6.42 Å². The molecule has 0 fully saturated rings. The number of rotatable bonds is 72. The molecule has 0 radical (unpaired) electrons. The number of carbonyl (C=O) groups excluding carboxylic acids is 2. The van der Waals surface area contributed by atoms with Crippen molar-refractivity contribution in [2.75, 3.05) is 26.4 Å². The van der Waals surface area contributed by atoms with Crippen molar-refractivity contribution in [3.8, 4) is 0 Å². The molecule has 0 saturated heterocycles. The van der Waals surface area contributed by atoms with Gasteiger partial charge in [0.25, 0.3) is 0 Å². The highest BCUT2D eigenvalue weighted by molar-refractivity contribution is 7.47. The molecule has 0 aromatic rings. The molecule has 0 spiro atoms. The minimum absolute atomic E-state index is 0.0561. The lowest BCUT2D eigenvalue weighted by atomic mass is 10.0. The summed E-state index contributed by atoms with van der Waals surface area (Å²) < 4.78 is 33.2. The topological polar surface area (TPSA) is 134 Å². The maximum absolute atomic E-state index is 12.8. The van der Waals surface area contributed by atoms with Crippen LogP contribution in [0.25, 0.3) is 0 Å². The molecular weight excluding hydrogens is 1070 g/mol. The van der Waals surface area contributed by atoms with Gasteiger partial charge in [0.1, 0.15) is 6.61 Å². The lowest BCUT2D eigenvalue weighted by molar-refractivity contribution is -0.161. The van der Waals surface area contributed by atoms with E-state index in [9.17, 15) is 19.0 Å². The zero-order valence-electron chi connectivity index (χ0n) is 56.6. The van der Waals surface area contributed by atoms with Gasteiger partial charge in [-0.25, -0.2) is 4.57 Å². The van der Waals surface area contributed by atoms with E-state index < -0.39 is 26.5 Å². The summed E-state index contributed by atoms with van der Waals surface area (Å²) in [7, 11) is -4.39. The van der Waals surface area contributed by atoms with E-state index in [4.69, 9.17) is 24.3 Å². The van der Waals surface area contributed by atoms with Crippen LogP contribution in [-0.4, -0.2) is 49.3 Å². The Morgan fingerprint density at radius 2 is 0.612 bits per heavy atom. The van der Waals surface area contributed by atoms with E-state index in [1.807, 2.05) is 0 Å². The predicted molar refractivity (Wildman–Crippen MR) is 367 cm³/mol. The monoisotopic (exact) mass is 1220 g/mol. The van der Waals surface area contributed by atoms with E-state index in [2.05, 4.69) is 50.3 Å². The van der Waals surface area contributed by atoms with Gasteiger partial charge in [-0.05, 0) is 70.6 Å². The van der Waals surface area contributed by atoms with Gasteiger partial charge in [-0.15, -0.1) is 0 Å². The van der Waals surface area contributed by atoms with Crippen LogP contribution in [-0.2, 0) is 32.7 Å². The van der Waals surface area contributed by atoms with Gasteiger partial charge >= 0.3 is 19.8 Å².